The quantitative estimate of drug-likeness (QED) is 0.908. The summed E-state index contributed by atoms with van der Waals surface area (Å²) in [5.41, 5.74) is 2.54. The summed E-state index contributed by atoms with van der Waals surface area (Å²) >= 11 is 0. The lowest BCUT2D eigenvalue weighted by molar-refractivity contribution is 0.0259. The molecule has 1 fully saturated rings. The number of hydrogen-bond acceptors (Lipinski definition) is 3. The van der Waals surface area contributed by atoms with Crippen molar-refractivity contribution in [1.29, 1.82) is 0 Å². The number of β-amino-alcohol motifs (C(OH)–C–C–N with tert-alkyl or cyclic N) is 1. The summed E-state index contributed by atoms with van der Waals surface area (Å²) in [6, 6.07) is 17.2. The molecule has 0 aromatic heterocycles. The van der Waals surface area contributed by atoms with E-state index < -0.39 is 0 Å². The summed E-state index contributed by atoms with van der Waals surface area (Å²) in [6.07, 6.45) is 0.748. The van der Waals surface area contributed by atoms with Crippen molar-refractivity contribution in [2.24, 2.45) is 5.92 Å². The van der Waals surface area contributed by atoms with Crippen LogP contribution in [-0.4, -0.2) is 35.1 Å². The first-order valence-corrected chi connectivity index (χ1v) is 8.47. The molecule has 1 aliphatic rings. The van der Waals surface area contributed by atoms with Gasteiger partial charge in [0.1, 0.15) is 0 Å². The van der Waals surface area contributed by atoms with Gasteiger partial charge < -0.3 is 10.4 Å². The van der Waals surface area contributed by atoms with Crippen LogP contribution in [0.4, 0.5) is 5.69 Å². The van der Waals surface area contributed by atoms with Crippen LogP contribution < -0.4 is 5.32 Å². The molecule has 0 saturated carbocycles. The number of aliphatic hydroxyl groups excluding tert-OH is 1. The summed E-state index contributed by atoms with van der Waals surface area (Å²) in [5, 5.41) is 12.9. The van der Waals surface area contributed by atoms with E-state index >= 15 is 0 Å². The third-order valence-corrected chi connectivity index (χ3v) is 4.63. The predicted molar refractivity (Wildman–Crippen MR) is 95.9 cm³/mol. The number of carbonyl (C=O) groups is 1. The van der Waals surface area contributed by atoms with Crippen LogP contribution in [0.15, 0.2) is 54.6 Å². The average molecular weight is 324 g/mol. The molecule has 126 valence electrons. The number of piperidine rings is 1. The van der Waals surface area contributed by atoms with Gasteiger partial charge in [-0.3, -0.25) is 9.69 Å². The zero-order valence-electron chi connectivity index (χ0n) is 14.0. The number of rotatable bonds is 4. The molecule has 2 atom stereocenters. The monoisotopic (exact) mass is 324 g/mol. The Morgan fingerprint density at radius 2 is 2.00 bits per heavy atom. The summed E-state index contributed by atoms with van der Waals surface area (Å²) in [5.74, 6) is 0.264. The fraction of sp³-hybridized carbons (Fsp3) is 0.350. The number of amides is 1. The van der Waals surface area contributed by atoms with E-state index in [1.54, 1.807) is 0 Å². The van der Waals surface area contributed by atoms with E-state index in [1.807, 2.05) is 54.6 Å². The fourth-order valence-electron chi connectivity index (χ4n) is 3.05. The number of benzene rings is 2. The number of aliphatic hydroxyl groups is 1. The zero-order valence-corrected chi connectivity index (χ0v) is 14.0. The minimum Gasteiger partial charge on any atom is -0.392 e. The lowest BCUT2D eigenvalue weighted by Crippen LogP contribution is -2.42. The Labute approximate surface area is 143 Å². The second-order valence-electron chi connectivity index (χ2n) is 6.59. The van der Waals surface area contributed by atoms with Crippen LogP contribution >= 0.6 is 0 Å². The maximum atomic E-state index is 12.4. The number of para-hydroxylation sites is 1. The molecular formula is C20H24N2O2. The highest BCUT2D eigenvalue weighted by molar-refractivity contribution is 6.04. The Bertz CT molecular complexity index is 687. The minimum absolute atomic E-state index is 0.102. The van der Waals surface area contributed by atoms with Gasteiger partial charge in [0.2, 0.25) is 0 Å². The first-order chi connectivity index (χ1) is 11.6. The summed E-state index contributed by atoms with van der Waals surface area (Å²) in [4.78, 5) is 14.6. The van der Waals surface area contributed by atoms with Gasteiger partial charge in [0.15, 0.2) is 0 Å². The van der Waals surface area contributed by atoms with Gasteiger partial charge in [0.25, 0.3) is 5.91 Å². The molecule has 4 heteroatoms. The van der Waals surface area contributed by atoms with Gasteiger partial charge in [-0.25, -0.2) is 0 Å². The number of carbonyl (C=O) groups excluding carboxylic acids is 1. The van der Waals surface area contributed by atoms with Crippen LogP contribution in [0.3, 0.4) is 0 Å². The van der Waals surface area contributed by atoms with Gasteiger partial charge in [0.05, 0.1) is 6.10 Å². The van der Waals surface area contributed by atoms with Gasteiger partial charge in [-0.1, -0.05) is 37.3 Å². The number of likely N-dealkylation sites (tertiary alicyclic amines) is 1. The van der Waals surface area contributed by atoms with Gasteiger partial charge in [0, 0.05) is 24.3 Å². The minimum atomic E-state index is -0.261. The van der Waals surface area contributed by atoms with Crippen LogP contribution in [0.25, 0.3) is 0 Å². The molecule has 0 bridgehead atoms. The van der Waals surface area contributed by atoms with Crippen molar-refractivity contribution in [1.82, 2.24) is 4.90 Å². The zero-order chi connectivity index (χ0) is 16.9. The molecule has 0 spiro atoms. The first-order valence-electron chi connectivity index (χ1n) is 8.47. The third kappa shape index (κ3) is 4.22. The second kappa shape index (κ2) is 7.60. The SMILES string of the molecule is C[C@@H]1CCN(Cc2cccc(C(=O)Nc3ccccc3)c2)C[C@@H]1O. The van der Waals surface area contributed by atoms with Crippen molar-refractivity contribution >= 4 is 11.6 Å². The maximum Gasteiger partial charge on any atom is 0.255 e. The van der Waals surface area contributed by atoms with E-state index in [1.165, 1.54) is 0 Å². The molecule has 1 amide bonds. The predicted octanol–water partition coefficient (Wildman–Crippen LogP) is 3.14. The Balaban J connectivity index is 1.64. The summed E-state index contributed by atoms with van der Waals surface area (Å²) in [7, 11) is 0. The van der Waals surface area contributed by atoms with Gasteiger partial charge >= 0.3 is 0 Å². The third-order valence-electron chi connectivity index (χ3n) is 4.63. The lowest BCUT2D eigenvalue weighted by atomic mass is 9.95. The normalized spacial score (nSPS) is 21.4. The molecule has 0 unspecified atom stereocenters. The fourth-order valence-corrected chi connectivity index (χ4v) is 3.05. The summed E-state index contributed by atoms with van der Waals surface area (Å²) < 4.78 is 0. The molecule has 0 aliphatic carbocycles. The molecule has 4 nitrogen and oxygen atoms in total. The van der Waals surface area contributed by atoms with Crippen LogP contribution in [0, 0.1) is 5.92 Å². The van der Waals surface area contributed by atoms with Gasteiger partial charge in [-0.05, 0) is 48.7 Å². The van der Waals surface area contributed by atoms with E-state index in [0.29, 0.717) is 18.0 Å². The Hall–Kier alpha value is -2.17. The molecule has 2 aromatic carbocycles. The molecule has 2 N–H and O–H groups in total. The maximum absolute atomic E-state index is 12.4. The topological polar surface area (TPSA) is 52.6 Å². The van der Waals surface area contributed by atoms with Crippen molar-refractivity contribution in [3.05, 3.63) is 65.7 Å². The Morgan fingerprint density at radius 3 is 2.75 bits per heavy atom. The number of nitrogens with one attached hydrogen (secondary N) is 1. The van der Waals surface area contributed by atoms with E-state index in [2.05, 4.69) is 17.1 Å². The molecule has 2 aromatic rings. The van der Waals surface area contributed by atoms with E-state index in [4.69, 9.17) is 0 Å². The molecule has 1 saturated heterocycles. The van der Waals surface area contributed by atoms with E-state index in [9.17, 15) is 9.90 Å². The first kappa shape index (κ1) is 16.7. The molecular weight excluding hydrogens is 300 g/mol. The molecule has 1 heterocycles. The van der Waals surface area contributed by atoms with Crippen molar-refractivity contribution < 1.29 is 9.90 Å². The number of anilines is 1. The highest BCUT2D eigenvalue weighted by Gasteiger charge is 2.24. The van der Waals surface area contributed by atoms with Crippen molar-refractivity contribution in [3.8, 4) is 0 Å². The van der Waals surface area contributed by atoms with Crippen LogP contribution in [0.5, 0.6) is 0 Å². The average Bonchev–Trinajstić information content (AvgIpc) is 2.59. The summed E-state index contributed by atoms with van der Waals surface area (Å²) in [6.45, 7) is 4.53. The highest BCUT2D eigenvalue weighted by atomic mass is 16.3. The highest BCUT2D eigenvalue weighted by Crippen LogP contribution is 2.19. The largest absolute Gasteiger partial charge is 0.392 e. The van der Waals surface area contributed by atoms with Crippen molar-refractivity contribution in [2.45, 2.75) is 26.0 Å². The number of nitrogens with zero attached hydrogens (tertiary/aromatic N) is 1. The van der Waals surface area contributed by atoms with Crippen LogP contribution in [-0.2, 0) is 6.54 Å². The van der Waals surface area contributed by atoms with E-state index in [0.717, 1.165) is 30.8 Å². The Kier molecular flexibility index (Phi) is 5.28. The lowest BCUT2D eigenvalue weighted by Gasteiger charge is -2.34. The van der Waals surface area contributed by atoms with Crippen molar-refractivity contribution in [2.75, 3.05) is 18.4 Å². The van der Waals surface area contributed by atoms with Crippen LogP contribution in [0.1, 0.15) is 29.3 Å². The Morgan fingerprint density at radius 1 is 1.21 bits per heavy atom. The van der Waals surface area contributed by atoms with Gasteiger partial charge in [-0.2, -0.15) is 0 Å². The van der Waals surface area contributed by atoms with Crippen molar-refractivity contribution in [3.63, 3.8) is 0 Å². The number of hydrogen-bond donors (Lipinski definition) is 2. The van der Waals surface area contributed by atoms with Gasteiger partial charge in [-0.15, -0.1) is 0 Å². The molecule has 1 aliphatic heterocycles. The van der Waals surface area contributed by atoms with Crippen LogP contribution in [0.2, 0.25) is 0 Å². The second-order valence-corrected chi connectivity index (χ2v) is 6.59. The standard InChI is InChI=1S/C20H24N2O2/c1-15-10-11-22(14-19(15)23)13-16-6-5-7-17(12-16)20(24)21-18-8-3-2-4-9-18/h2-9,12,15,19,23H,10-11,13-14H2,1H3,(H,21,24)/t15-,19+/m1/s1. The van der Waals surface area contributed by atoms with E-state index in [-0.39, 0.29) is 12.0 Å². The smallest absolute Gasteiger partial charge is 0.255 e. The molecule has 3 rings (SSSR count). The molecule has 0 radical (unpaired) electrons. The molecule has 24 heavy (non-hydrogen) atoms.